The van der Waals surface area contributed by atoms with E-state index in [0.29, 0.717) is 5.56 Å². The molecule has 0 aliphatic rings. The molecule has 0 radical (unpaired) electrons. The summed E-state index contributed by atoms with van der Waals surface area (Å²) in [5, 5.41) is 20.2. The van der Waals surface area contributed by atoms with Crippen LogP contribution in [0.1, 0.15) is 24.2 Å². The Morgan fingerprint density at radius 3 is 2.28 bits per heavy atom. The van der Waals surface area contributed by atoms with Crippen LogP contribution in [0.15, 0.2) is 47.4 Å². The average molecular weight is 364 g/mol. The molecule has 2 rings (SSSR count). The third-order valence-corrected chi connectivity index (χ3v) is 4.80. The van der Waals surface area contributed by atoms with E-state index in [9.17, 15) is 28.4 Å². The van der Waals surface area contributed by atoms with Gasteiger partial charge in [-0.2, -0.15) is 0 Å². The van der Waals surface area contributed by atoms with Crippen LogP contribution < -0.4 is 4.72 Å². The molecule has 2 aromatic rings. The molecule has 0 heterocycles. The van der Waals surface area contributed by atoms with E-state index >= 15 is 0 Å². The lowest BCUT2D eigenvalue weighted by atomic mass is 10.0. The van der Waals surface area contributed by atoms with E-state index in [2.05, 4.69) is 4.72 Å². The Hall–Kier alpha value is -2.94. The molecule has 0 bridgehead atoms. The maximum atomic E-state index is 12.4. The average Bonchev–Trinajstić information content (AvgIpc) is 2.55. The lowest BCUT2D eigenvalue weighted by Crippen LogP contribution is -2.14. The second-order valence-corrected chi connectivity index (χ2v) is 7.29. The Morgan fingerprint density at radius 1 is 1.16 bits per heavy atom. The second kappa shape index (κ2) is 6.89. The molecule has 0 atom stereocenters. The van der Waals surface area contributed by atoms with Crippen molar-refractivity contribution in [3.8, 4) is 5.75 Å². The Kier molecular flexibility index (Phi) is 5.07. The van der Waals surface area contributed by atoms with Gasteiger partial charge in [-0.05, 0) is 24.3 Å². The summed E-state index contributed by atoms with van der Waals surface area (Å²) in [4.78, 5) is 21.8. The van der Waals surface area contributed by atoms with Crippen molar-refractivity contribution in [3.05, 3.63) is 58.1 Å². The highest BCUT2D eigenvalue weighted by atomic mass is 32.2. The Labute approximate surface area is 144 Å². The fourth-order valence-corrected chi connectivity index (χ4v) is 3.13. The highest BCUT2D eigenvalue weighted by Gasteiger charge is 2.19. The van der Waals surface area contributed by atoms with Crippen LogP contribution in [0, 0.1) is 16.0 Å². The predicted molar refractivity (Wildman–Crippen MR) is 91.2 cm³/mol. The SMILES string of the molecule is CC(C)C(=O)c1ccc(S(=O)(=O)Nc2ccc(O)c([N+](=O)[O-])c2)cc1. The molecule has 25 heavy (non-hydrogen) atoms. The molecule has 8 nitrogen and oxygen atoms in total. The number of nitro groups is 1. The molecule has 9 heteroatoms. The third-order valence-electron chi connectivity index (χ3n) is 3.40. The minimum absolute atomic E-state index is 0.0631. The number of phenols is 1. The first kappa shape index (κ1) is 18.4. The van der Waals surface area contributed by atoms with E-state index in [1.807, 2.05) is 0 Å². The van der Waals surface area contributed by atoms with Gasteiger partial charge in [0.15, 0.2) is 11.5 Å². The van der Waals surface area contributed by atoms with Gasteiger partial charge in [0.05, 0.1) is 15.5 Å². The summed E-state index contributed by atoms with van der Waals surface area (Å²) >= 11 is 0. The molecule has 0 amide bonds. The second-order valence-electron chi connectivity index (χ2n) is 5.61. The molecular weight excluding hydrogens is 348 g/mol. The van der Waals surface area contributed by atoms with Crippen LogP contribution in [0.3, 0.4) is 0 Å². The maximum absolute atomic E-state index is 12.4. The molecule has 0 aliphatic carbocycles. The number of ketones is 1. The Morgan fingerprint density at radius 2 is 1.76 bits per heavy atom. The maximum Gasteiger partial charge on any atom is 0.312 e. The van der Waals surface area contributed by atoms with Crippen molar-refractivity contribution < 1.29 is 23.2 Å². The molecule has 0 saturated carbocycles. The van der Waals surface area contributed by atoms with E-state index in [0.717, 1.165) is 12.1 Å². The number of benzene rings is 2. The highest BCUT2D eigenvalue weighted by Crippen LogP contribution is 2.29. The third kappa shape index (κ3) is 4.13. The molecule has 0 aromatic heterocycles. The first-order chi connectivity index (χ1) is 11.6. The van der Waals surface area contributed by atoms with Gasteiger partial charge in [-0.25, -0.2) is 8.42 Å². The van der Waals surface area contributed by atoms with Crippen LogP contribution in [-0.4, -0.2) is 24.2 Å². The number of anilines is 1. The molecule has 0 aliphatic heterocycles. The van der Waals surface area contributed by atoms with Crippen molar-refractivity contribution in [3.63, 3.8) is 0 Å². The number of hydrogen-bond donors (Lipinski definition) is 2. The van der Waals surface area contributed by atoms with Gasteiger partial charge in [-0.3, -0.25) is 19.6 Å². The van der Waals surface area contributed by atoms with Crippen molar-refractivity contribution >= 4 is 27.2 Å². The predicted octanol–water partition coefficient (Wildman–Crippen LogP) is 2.94. The van der Waals surface area contributed by atoms with Crippen molar-refractivity contribution in [2.45, 2.75) is 18.7 Å². The van der Waals surface area contributed by atoms with Gasteiger partial charge in [0, 0.05) is 17.5 Å². The topological polar surface area (TPSA) is 127 Å². The quantitative estimate of drug-likeness (QED) is 0.351. The lowest BCUT2D eigenvalue weighted by molar-refractivity contribution is -0.385. The highest BCUT2D eigenvalue weighted by molar-refractivity contribution is 7.92. The van der Waals surface area contributed by atoms with Crippen LogP contribution in [0.5, 0.6) is 5.75 Å². The van der Waals surface area contributed by atoms with Crippen molar-refractivity contribution in [1.29, 1.82) is 0 Å². The zero-order chi connectivity index (χ0) is 18.8. The zero-order valence-corrected chi connectivity index (χ0v) is 14.3. The number of sulfonamides is 1. The fourth-order valence-electron chi connectivity index (χ4n) is 2.08. The van der Waals surface area contributed by atoms with E-state index < -0.39 is 26.4 Å². The molecule has 2 N–H and O–H groups in total. The molecule has 0 unspecified atom stereocenters. The van der Waals surface area contributed by atoms with Crippen molar-refractivity contribution in [2.75, 3.05) is 4.72 Å². The summed E-state index contributed by atoms with van der Waals surface area (Å²) in [5.41, 5.74) is -0.279. The number of Topliss-reactive ketones (excluding diaryl/α,β-unsaturated/α-hetero) is 1. The van der Waals surface area contributed by atoms with Crippen LogP contribution in [0.2, 0.25) is 0 Å². The summed E-state index contributed by atoms with van der Waals surface area (Å²) in [5.74, 6) is -0.881. The van der Waals surface area contributed by atoms with Gasteiger partial charge in [0.1, 0.15) is 0 Å². The largest absolute Gasteiger partial charge is 0.502 e. The van der Waals surface area contributed by atoms with E-state index in [-0.39, 0.29) is 22.3 Å². The number of nitrogens with zero attached hydrogens (tertiary/aromatic N) is 1. The lowest BCUT2D eigenvalue weighted by Gasteiger charge is -2.09. The molecular formula is C16H16N2O6S. The van der Waals surface area contributed by atoms with Gasteiger partial charge in [-0.15, -0.1) is 0 Å². The summed E-state index contributed by atoms with van der Waals surface area (Å²) in [6.07, 6.45) is 0. The Balaban J connectivity index is 2.29. The summed E-state index contributed by atoms with van der Waals surface area (Å²) in [6, 6.07) is 8.55. The van der Waals surface area contributed by atoms with Crippen molar-refractivity contribution in [2.24, 2.45) is 5.92 Å². The van der Waals surface area contributed by atoms with Crippen LogP contribution in [-0.2, 0) is 10.0 Å². The normalized spacial score (nSPS) is 11.3. The molecule has 0 spiro atoms. The van der Waals surface area contributed by atoms with Gasteiger partial charge in [0.25, 0.3) is 10.0 Å². The number of rotatable bonds is 6. The van der Waals surface area contributed by atoms with Crippen LogP contribution in [0.25, 0.3) is 0 Å². The number of carbonyl (C=O) groups is 1. The van der Waals surface area contributed by atoms with Gasteiger partial charge < -0.3 is 5.11 Å². The van der Waals surface area contributed by atoms with Crippen LogP contribution in [0.4, 0.5) is 11.4 Å². The standard InChI is InChI=1S/C16H16N2O6S/c1-10(2)16(20)11-3-6-13(7-4-11)25(23,24)17-12-5-8-15(19)14(9-12)18(21)22/h3-10,17,19H,1-2H3. The smallest absolute Gasteiger partial charge is 0.312 e. The van der Waals surface area contributed by atoms with Gasteiger partial charge in [-0.1, -0.05) is 26.0 Å². The van der Waals surface area contributed by atoms with E-state index in [1.54, 1.807) is 13.8 Å². The molecule has 2 aromatic carbocycles. The summed E-state index contributed by atoms with van der Waals surface area (Å²) in [6.45, 7) is 3.48. The first-order valence-electron chi connectivity index (χ1n) is 7.26. The molecule has 0 fully saturated rings. The number of nitrogens with one attached hydrogen (secondary N) is 1. The number of aromatic hydroxyl groups is 1. The zero-order valence-electron chi connectivity index (χ0n) is 13.5. The number of nitro benzene ring substituents is 1. The number of carbonyl (C=O) groups excluding carboxylic acids is 1. The van der Waals surface area contributed by atoms with Crippen molar-refractivity contribution in [1.82, 2.24) is 0 Å². The number of hydrogen-bond acceptors (Lipinski definition) is 6. The fraction of sp³-hybridized carbons (Fsp3) is 0.188. The minimum Gasteiger partial charge on any atom is -0.502 e. The Bertz CT molecular complexity index is 920. The summed E-state index contributed by atoms with van der Waals surface area (Å²) < 4.78 is 26.9. The van der Waals surface area contributed by atoms with Gasteiger partial charge in [0.2, 0.25) is 0 Å². The summed E-state index contributed by atoms with van der Waals surface area (Å²) in [7, 11) is -4.00. The van der Waals surface area contributed by atoms with Crippen LogP contribution >= 0.6 is 0 Å². The monoisotopic (exact) mass is 364 g/mol. The number of phenolic OH excluding ortho intramolecular Hbond substituents is 1. The van der Waals surface area contributed by atoms with E-state index in [4.69, 9.17) is 0 Å². The first-order valence-corrected chi connectivity index (χ1v) is 8.74. The molecule has 0 saturated heterocycles. The molecule has 132 valence electrons. The van der Waals surface area contributed by atoms with E-state index in [1.165, 1.54) is 30.3 Å². The minimum atomic E-state index is -4.00. The van der Waals surface area contributed by atoms with Gasteiger partial charge >= 0.3 is 5.69 Å².